The molecule has 39 heavy (non-hydrogen) atoms. The van der Waals surface area contributed by atoms with Crippen LogP contribution in [0.4, 0.5) is 18.9 Å². The minimum atomic E-state index is -2.52. The maximum atomic E-state index is 15.9. The zero-order chi connectivity index (χ0) is 27.4. The van der Waals surface area contributed by atoms with Crippen molar-refractivity contribution < 1.29 is 22.7 Å². The Morgan fingerprint density at radius 2 is 1.95 bits per heavy atom. The quantitative estimate of drug-likeness (QED) is 0.423. The molecule has 1 aliphatic carbocycles. The van der Waals surface area contributed by atoms with Gasteiger partial charge in [-0.3, -0.25) is 4.79 Å². The number of hydrogen-bond donors (Lipinski definition) is 1. The smallest absolute Gasteiger partial charge is 0.258 e. The van der Waals surface area contributed by atoms with E-state index in [9.17, 15) is 13.6 Å². The predicted molar refractivity (Wildman–Crippen MR) is 140 cm³/mol. The number of carbonyl (C=O) groups is 1. The van der Waals surface area contributed by atoms with E-state index >= 15 is 4.39 Å². The van der Waals surface area contributed by atoms with Gasteiger partial charge in [-0.15, -0.1) is 10.2 Å². The molecule has 10 heteroatoms. The van der Waals surface area contributed by atoms with E-state index in [4.69, 9.17) is 4.74 Å². The number of ether oxygens (including phenoxy) is 1. The van der Waals surface area contributed by atoms with Gasteiger partial charge >= 0.3 is 0 Å². The van der Waals surface area contributed by atoms with E-state index in [1.165, 1.54) is 12.7 Å². The molecule has 7 nitrogen and oxygen atoms in total. The third-order valence-corrected chi connectivity index (χ3v) is 8.65. The zero-order valence-electron chi connectivity index (χ0n) is 22.1. The summed E-state index contributed by atoms with van der Waals surface area (Å²) in [5.74, 6) is -0.0275. The topological polar surface area (TPSA) is 72.3 Å². The summed E-state index contributed by atoms with van der Waals surface area (Å²) in [7, 11) is 1.69. The third-order valence-electron chi connectivity index (χ3n) is 8.65. The van der Waals surface area contributed by atoms with Crippen molar-refractivity contribution in [3.8, 4) is 0 Å². The molecule has 3 aliphatic rings. The van der Waals surface area contributed by atoms with Gasteiger partial charge in [-0.2, -0.15) is 0 Å². The molecule has 1 saturated heterocycles. The predicted octanol–water partition coefficient (Wildman–Crippen LogP) is 4.79. The highest BCUT2D eigenvalue weighted by atomic mass is 19.3. The van der Waals surface area contributed by atoms with Crippen molar-refractivity contribution in [2.75, 3.05) is 18.1 Å². The monoisotopic (exact) mass is 539 g/mol. The standard InChI is InChI=1S/C29H32F3N5O2/c1-28(7-4-8-28)33-13-18-9-19(11-24(30)31)23-14-37(27(38)22(23)10-18)21-6-3-5-20(12-21)29(15-39-16-29)25(32)26-35-34-17-36(26)2/h3,5-6,9-10,12,17,24-25,33H,4,7-8,11,13-16H2,1-2H3/t25-/m0/s1. The number of carbonyl (C=O) groups excluding carboxylic acids is 1. The average molecular weight is 540 g/mol. The normalized spacial score (nSPS) is 20.1. The second-order valence-electron chi connectivity index (χ2n) is 11.4. The molecule has 0 bridgehead atoms. The number of benzene rings is 2. The van der Waals surface area contributed by atoms with Crippen molar-refractivity contribution in [3.05, 3.63) is 76.4 Å². The number of aryl methyl sites for hydroxylation is 1. The van der Waals surface area contributed by atoms with Crippen LogP contribution in [0.15, 0.2) is 42.7 Å². The fraction of sp³-hybridized carbons (Fsp3) is 0.483. The summed E-state index contributed by atoms with van der Waals surface area (Å²) in [5.41, 5.74) is 2.80. The molecule has 0 spiro atoms. The van der Waals surface area contributed by atoms with Crippen LogP contribution in [-0.4, -0.2) is 45.8 Å². The number of anilines is 1. The lowest BCUT2D eigenvalue weighted by Crippen LogP contribution is -2.50. The van der Waals surface area contributed by atoms with Crippen LogP contribution in [0.1, 0.15) is 70.8 Å². The number of nitrogens with one attached hydrogen (secondary N) is 1. The molecule has 1 saturated carbocycles. The first-order valence-corrected chi connectivity index (χ1v) is 13.4. The van der Waals surface area contributed by atoms with Gasteiger partial charge in [0.2, 0.25) is 6.43 Å². The summed E-state index contributed by atoms with van der Waals surface area (Å²) < 4.78 is 50.0. The summed E-state index contributed by atoms with van der Waals surface area (Å²) in [5, 5.41) is 11.3. The SMILES string of the molecule is Cn1cnnc1[C@H](F)C1(c2cccc(N3Cc4c(CC(F)F)cc(CNC5(C)CCC5)cc4C3=O)c2)COC1. The van der Waals surface area contributed by atoms with Gasteiger partial charge < -0.3 is 19.5 Å². The lowest BCUT2D eigenvalue weighted by Gasteiger charge is -2.43. The largest absolute Gasteiger partial charge is 0.379 e. The Morgan fingerprint density at radius 3 is 2.56 bits per heavy atom. The summed E-state index contributed by atoms with van der Waals surface area (Å²) >= 11 is 0. The van der Waals surface area contributed by atoms with Crippen LogP contribution in [0, 0.1) is 0 Å². The molecule has 2 fully saturated rings. The van der Waals surface area contributed by atoms with E-state index < -0.39 is 24.4 Å². The van der Waals surface area contributed by atoms with Crippen molar-refractivity contribution in [2.24, 2.45) is 7.05 Å². The Morgan fingerprint density at radius 1 is 1.15 bits per heavy atom. The Balaban J connectivity index is 1.30. The van der Waals surface area contributed by atoms with Crippen LogP contribution in [0.5, 0.6) is 0 Å². The van der Waals surface area contributed by atoms with E-state index in [-0.39, 0.29) is 37.0 Å². The van der Waals surface area contributed by atoms with Crippen LogP contribution in [0.25, 0.3) is 0 Å². The molecule has 0 radical (unpaired) electrons. The molecule has 3 heterocycles. The lowest BCUT2D eigenvalue weighted by atomic mass is 9.74. The number of alkyl halides is 3. The van der Waals surface area contributed by atoms with Crippen molar-refractivity contribution in [1.82, 2.24) is 20.1 Å². The van der Waals surface area contributed by atoms with Crippen LogP contribution < -0.4 is 10.2 Å². The van der Waals surface area contributed by atoms with Gasteiger partial charge in [0.15, 0.2) is 12.0 Å². The van der Waals surface area contributed by atoms with Crippen LogP contribution >= 0.6 is 0 Å². The molecular formula is C29H32F3N5O2. The Labute approximate surface area is 225 Å². The van der Waals surface area contributed by atoms with Gasteiger partial charge in [-0.25, -0.2) is 13.2 Å². The van der Waals surface area contributed by atoms with Crippen molar-refractivity contribution in [2.45, 2.75) is 69.2 Å². The van der Waals surface area contributed by atoms with E-state index in [0.717, 1.165) is 18.4 Å². The van der Waals surface area contributed by atoms with E-state index in [2.05, 4.69) is 22.4 Å². The van der Waals surface area contributed by atoms with Crippen molar-refractivity contribution in [3.63, 3.8) is 0 Å². The maximum Gasteiger partial charge on any atom is 0.258 e. The van der Waals surface area contributed by atoms with Crippen LogP contribution in [0.3, 0.4) is 0 Å². The second-order valence-corrected chi connectivity index (χ2v) is 11.4. The molecule has 3 aromatic rings. The second kappa shape index (κ2) is 9.75. The first-order valence-electron chi connectivity index (χ1n) is 13.4. The fourth-order valence-electron chi connectivity index (χ4n) is 5.94. The first-order chi connectivity index (χ1) is 18.7. The molecule has 0 unspecified atom stereocenters. The zero-order valence-corrected chi connectivity index (χ0v) is 22.1. The van der Waals surface area contributed by atoms with Gasteiger partial charge in [0.1, 0.15) is 6.33 Å². The summed E-state index contributed by atoms with van der Waals surface area (Å²) in [6.45, 7) is 3.22. The maximum absolute atomic E-state index is 15.9. The summed E-state index contributed by atoms with van der Waals surface area (Å²) in [6.07, 6.45) is 0.406. The average Bonchev–Trinajstić information content (AvgIpc) is 3.44. The third kappa shape index (κ3) is 4.53. The summed E-state index contributed by atoms with van der Waals surface area (Å²) in [6, 6.07) is 10.9. The highest BCUT2D eigenvalue weighted by molar-refractivity contribution is 6.10. The van der Waals surface area contributed by atoms with Crippen molar-refractivity contribution in [1.29, 1.82) is 0 Å². The molecule has 2 aromatic carbocycles. The Hall–Kier alpha value is -3.24. The molecular weight excluding hydrogens is 507 g/mol. The fourth-order valence-corrected chi connectivity index (χ4v) is 5.94. The molecule has 206 valence electrons. The van der Waals surface area contributed by atoms with E-state index in [1.54, 1.807) is 28.6 Å². The van der Waals surface area contributed by atoms with E-state index in [1.807, 2.05) is 24.3 Å². The number of amides is 1. The molecule has 1 N–H and O–H groups in total. The molecule has 6 rings (SSSR count). The molecule has 2 aliphatic heterocycles. The van der Waals surface area contributed by atoms with Gasteiger partial charge in [0.05, 0.1) is 25.2 Å². The van der Waals surface area contributed by atoms with Gasteiger partial charge in [0, 0.05) is 36.8 Å². The molecule has 1 amide bonds. The lowest BCUT2D eigenvalue weighted by molar-refractivity contribution is -0.102. The van der Waals surface area contributed by atoms with Gasteiger partial charge in [-0.1, -0.05) is 18.2 Å². The highest BCUT2D eigenvalue weighted by Gasteiger charge is 2.50. The number of hydrogen-bond acceptors (Lipinski definition) is 5. The van der Waals surface area contributed by atoms with Gasteiger partial charge in [0.25, 0.3) is 5.91 Å². The van der Waals surface area contributed by atoms with Gasteiger partial charge in [-0.05, 0) is 66.6 Å². The Bertz CT molecular complexity index is 1400. The van der Waals surface area contributed by atoms with E-state index in [0.29, 0.717) is 34.5 Å². The highest BCUT2D eigenvalue weighted by Crippen LogP contribution is 2.46. The molecule has 1 aromatic heterocycles. The molecule has 1 atom stereocenters. The summed E-state index contributed by atoms with van der Waals surface area (Å²) in [4.78, 5) is 15.3. The van der Waals surface area contributed by atoms with Crippen LogP contribution in [-0.2, 0) is 36.7 Å². The number of fused-ring (bicyclic) bond motifs is 1. The Kier molecular flexibility index (Phi) is 6.50. The minimum absolute atomic E-state index is 0.0544. The van der Waals surface area contributed by atoms with Crippen molar-refractivity contribution >= 4 is 11.6 Å². The minimum Gasteiger partial charge on any atom is -0.379 e. The number of nitrogens with zero attached hydrogens (tertiary/aromatic N) is 4. The van der Waals surface area contributed by atoms with Crippen LogP contribution in [0.2, 0.25) is 0 Å². The number of rotatable bonds is 9. The first kappa shape index (κ1) is 26.0. The number of halogens is 3. The number of aromatic nitrogens is 3.